The Balaban J connectivity index is 2.59. The molecule has 0 amide bonds. The second-order valence-corrected chi connectivity index (χ2v) is 4.10. The molecule has 0 aliphatic rings. The van der Waals surface area contributed by atoms with Crippen LogP contribution in [0.5, 0.6) is 0 Å². The van der Waals surface area contributed by atoms with Gasteiger partial charge in [0.05, 0.1) is 5.69 Å². The smallest absolute Gasteiger partial charge is 0.292 e. The van der Waals surface area contributed by atoms with Gasteiger partial charge >= 0.3 is 0 Å². The molecule has 15 heavy (non-hydrogen) atoms. The van der Waals surface area contributed by atoms with Crippen LogP contribution in [0.15, 0.2) is 22.6 Å². The van der Waals surface area contributed by atoms with Crippen LogP contribution in [-0.4, -0.2) is 4.98 Å². The third-order valence-electron chi connectivity index (χ3n) is 2.20. The first-order valence-corrected chi connectivity index (χ1v) is 5.23. The minimum absolute atomic E-state index is 0.164. The molecule has 0 bridgehead atoms. The Labute approximate surface area is 97.8 Å². The van der Waals surface area contributed by atoms with Crippen molar-refractivity contribution in [2.75, 3.05) is 0 Å². The zero-order valence-electron chi connectivity index (χ0n) is 8.34. The van der Waals surface area contributed by atoms with Gasteiger partial charge < -0.3 is 4.42 Å². The highest BCUT2D eigenvalue weighted by molar-refractivity contribution is 6.30. The maximum absolute atomic E-state index is 5.88. The monoisotopic (exact) mass is 241 g/mol. The summed E-state index contributed by atoms with van der Waals surface area (Å²) in [5.41, 5.74) is 2.79. The average molecular weight is 242 g/mol. The molecule has 0 N–H and O–H groups in total. The number of halogens is 2. The summed E-state index contributed by atoms with van der Waals surface area (Å²) >= 11 is 11.6. The summed E-state index contributed by atoms with van der Waals surface area (Å²) in [5.74, 6) is 0.703. The minimum atomic E-state index is 0.164. The van der Waals surface area contributed by atoms with E-state index in [2.05, 4.69) is 4.98 Å². The lowest BCUT2D eigenvalue weighted by Crippen LogP contribution is -1.83. The van der Waals surface area contributed by atoms with Gasteiger partial charge in [-0.3, -0.25) is 0 Å². The first kappa shape index (κ1) is 10.5. The molecule has 4 heteroatoms. The van der Waals surface area contributed by atoms with Crippen LogP contribution in [0.1, 0.15) is 11.3 Å². The lowest BCUT2D eigenvalue weighted by molar-refractivity contribution is 0.573. The summed E-state index contributed by atoms with van der Waals surface area (Å²) in [7, 11) is 0. The molecule has 78 valence electrons. The van der Waals surface area contributed by atoms with Gasteiger partial charge in [-0.25, -0.2) is 4.98 Å². The molecular formula is C11H9Cl2NO. The van der Waals surface area contributed by atoms with Crippen molar-refractivity contribution in [1.82, 2.24) is 4.98 Å². The number of hydrogen-bond donors (Lipinski definition) is 0. The van der Waals surface area contributed by atoms with Crippen molar-refractivity contribution in [1.29, 1.82) is 0 Å². The van der Waals surface area contributed by atoms with Crippen molar-refractivity contribution in [3.8, 4) is 11.3 Å². The van der Waals surface area contributed by atoms with Gasteiger partial charge in [0.25, 0.3) is 5.35 Å². The van der Waals surface area contributed by atoms with Crippen LogP contribution in [-0.2, 0) is 0 Å². The van der Waals surface area contributed by atoms with Gasteiger partial charge in [-0.15, -0.1) is 0 Å². The molecule has 0 unspecified atom stereocenters. The molecule has 1 aromatic heterocycles. The van der Waals surface area contributed by atoms with Crippen LogP contribution in [0.4, 0.5) is 0 Å². The topological polar surface area (TPSA) is 26.0 Å². The van der Waals surface area contributed by atoms with E-state index in [4.69, 9.17) is 27.6 Å². The standard InChI is InChI=1S/C11H9Cl2NO/c1-6-5-8(12)3-4-9(6)10-7(2)14-11(13)15-10/h3-5H,1-2H3. The fourth-order valence-corrected chi connectivity index (χ4v) is 1.93. The Kier molecular flexibility index (Phi) is 2.72. The third-order valence-corrected chi connectivity index (χ3v) is 2.60. The molecular weight excluding hydrogens is 233 g/mol. The predicted molar refractivity (Wildman–Crippen MR) is 61.4 cm³/mol. The van der Waals surface area contributed by atoms with Gasteiger partial charge in [0.15, 0.2) is 5.76 Å². The lowest BCUT2D eigenvalue weighted by atomic mass is 10.1. The van der Waals surface area contributed by atoms with E-state index in [1.165, 1.54) is 0 Å². The molecule has 0 spiro atoms. The Bertz CT molecular complexity index is 505. The van der Waals surface area contributed by atoms with Crippen LogP contribution >= 0.6 is 23.2 Å². The zero-order chi connectivity index (χ0) is 11.0. The lowest BCUT2D eigenvalue weighted by Gasteiger charge is -2.03. The second-order valence-electron chi connectivity index (χ2n) is 3.34. The number of aryl methyl sites for hydroxylation is 2. The Morgan fingerprint density at radius 1 is 1.20 bits per heavy atom. The van der Waals surface area contributed by atoms with Crippen molar-refractivity contribution in [3.05, 3.63) is 39.8 Å². The van der Waals surface area contributed by atoms with Gasteiger partial charge in [-0.1, -0.05) is 11.6 Å². The van der Waals surface area contributed by atoms with Crippen LogP contribution in [0, 0.1) is 13.8 Å². The summed E-state index contributed by atoms with van der Waals surface area (Å²) in [6, 6.07) is 5.61. The molecule has 2 aromatic rings. The zero-order valence-corrected chi connectivity index (χ0v) is 9.86. The van der Waals surface area contributed by atoms with Crippen molar-refractivity contribution >= 4 is 23.2 Å². The van der Waals surface area contributed by atoms with E-state index in [1.807, 2.05) is 32.0 Å². The van der Waals surface area contributed by atoms with Crippen LogP contribution < -0.4 is 0 Å². The Hall–Kier alpha value is -0.990. The maximum Gasteiger partial charge on any atom is 0.292 e. The number of aromatic nitrogens is 1. The van der Waals surface area contributed by atoms with E-state index >= 15 is 0 Å². The largest absolute Gasteiger partial charge is 0.427 e. The van der Waals surface area contributed by atoms with Gasteiger partial charge in [0, 0.05) is 10.6 Å². The summed E-state index contributed by atoms with van der Waals surface area (Å²) in [5, 5.41) is 0.872. The van der Waals surface area contributed by atoms with E-state index in [0.717, 1.165) is 16.8 Å². The van der Waals surface area contributed by atoms with Gasteiger partial charge in [-0.2, -0.15) is 0 Å². The summed E-state index contributed by atoms with van der Waals surface area (Å²) in [4.78, 5) is 4.02. The normalized spacial score (nSPS) is 10.7. The van der Waals surface area contributed by atoms with Crippen molar-refractivity contribution in [3.63, 3.8) is 0 Å². The number of hydrogen-bond acceptors (Lipinski definition) is 2. The molecule has 0 aliphatic carbocycles. The molecule has 0 fully saturated rings. The summed E-state index contributed by atoms with van der Waals surface area (Å²) in [6.45, 7) is 3.83. The molecule has 0 saturated carbocycles. The van der Waals surface area contributed by atoms with Gasteiger partial charge in [0.1, 0.15) is 0 Å². The highest BCUT2D eigenvalue weighted by Crippen LogP contribution is 2.30. The highest BCUT2D eigenvalue weighted by Gasteiger charge is 2.12. The highest BCUT2D eigenvalue weighted by atomic mass is 35.5. The molecule has 1 heterocycles. The van der Waals surface area contributed by atoms with Gasteiger partial charge in [0.2, 0.25) is 0 Å². The second kappa shape index (κ2) is 3.87. The number of rotatable bonds is 1. The first-order chi connectivity index (χ1) is 7.08. The number of nitrogens with zero attached hydrogens (tertiary/aromatic N) is 1. The third kappa shape index (κ3) is 2.01. The van der Waals surface area contributed by atoms with E-state index in [9.17, 15) is 0 Å². The van der Waals surface area contributed by atoms with Crippen molar-refractivity contribution in [2.24, 2.45) is 0 Å². The minimum Gasteiger partial charge on any atom is -0.427 e. The number of benzene rings is 1. The molecule has 0 radical (unpaired) electrons. The molecule has 0 aliphatic heterocycles. The van der Waals surface area contributed by atoms with Gasteiger partial charge in [-0.05, 0) is 49.2 Å². The molecule has 0 atom stereocenters. The maximum atomic E-state index is 5.88. The van der Waals surface area contributed by atoms with Crippen molar-refractivity contribution in [2.45, 2.75) is 13.8 Å². The first-order valence-electron chi connectivity index (χ1n) is 4.47. The molecule has 1 aromatic carbocycles. The summed E-state index contributed by atoms with van der Waals surface area (Å²) in [6.07, 6.45) is 0. The average Bonchev–Trinajstić information content (AvgIpc) is 2.45. The molecule has 0 saturated heterocycles. The Morgan fingerprint density at radius 3 is 2.47 bits per heavy atom. The van der Waals surface area contributed by atoms with Crippen LogP contribution in [0.25, 0.3) is 11.3 Å². The summed E-state index contributed by atoms with van der Waals surface area (Å²) < 4.78 is 5.33. The molecule has 2 rings (SSSR count). The SMILES string of the molecule is Cc1cc(Cl)ccc1-c1oc(Cl)nc1C. The predicted octanol–water partition coefficient (Wildman–Crippen LogP) is 4.27. The van der Waals surface area contributed by atoms with E-state index < -0.39 is 0 Å². The van der Waals surface area contributed by atoms with E-state index in [-0.39, 0.29) is 5.35 Å². The Morgan fingerprint density at radius 2 is 1.93 bits per heavy atom. The van der Waals surface area contributed by atoms with Crippen molar-refractivity contribution < 1.29 is 4.42 Å². The van der Waals surface area contributed by atoms with E-state index in [1.54, 1.807) is 0 Å². The number of oxazole rings is 1. The molecule has 2 nitrogen and oxygen atoms in total. The quantitative estimate of drug-likeness (QED) is 0.746. The fraction of sp³-hybridized carbons (Fsp3) is 0.182. The van der Waals surface area contributed by atoms with E-state index in [0.29, 0.717) is 10.8 Å². The van der Waals surface area contributed by atoms with Crippen LogP contribution in [0.3, 0.4) is 0 Å². The van der Waals surface area contributed by atoms with Crippen LogP contribution in [0.2, 0.25) is 10.4 Å². The fourth-order valence-electron chi connectivity index (χ4n) is 1.50.